The van der Waals surface area contributed by atoms with Crippen LogP contribution in [0.4, 0.5) is 0 Å². The average Bonchev–Trinajstić information content (AvgIpc) is 2.53. The maximum absolute atomic E-state index is 12.1. The highest BCUT2D eigenvalue weighted by molar-refractivity contribution is 5.90. The number of carbonyl (C=O) groups excluding carboxylic acids is 1. The predicted molar refractivity (Wildman–Crippen MR) is 93.6 cm³/mol. The minimum atomic E-state index is -1.12. The molecule has 4 nitrogen and oxygen atoms in total. The van der Waals surface area contributed by atoms with Crippen molar-refractivity contribution in [1.29, 1.82) is 0 Å². The molecule has 0 saturated heterocycles. The van der Waals surface area contributed by atoms with Crippen molar-refractivity contribution in [3.05, 3.63) is 12.2 Å². The third kappa shape index (κ3) is 4.84. The Morgan fingerprint density at radius 1 is 1.00 bits per heavy atom. The lowest BCUT2D eigenvalue weighted by atomic mass is 9.63. The molecule has 0 aromatic heterocycles. The summed E-state index contributed by atoms with van der Waals surface area (Å²) in [5.41, 5.74) is -0.0351. The number of esters is 1. The molecular formula is C20H32O4. The predicted octanol–water partition coefficient (Wildman–Crippen LogP) is 4.73. The van der Waals surface area contributed by atoms with Crippen LogP contribution in [0, 0.1) is 17.3 Å². The molecule has 0 unspecified atom stereocenters. The first kappa shape index (κ1) is 19.0. The molecule has 136 valence electrons. The van der Waals surface area contributed by atoms with Crippen molar-refractivity contribution in [1.82, 2.24) is 0 Å². The van der Waals surface area contributed by atoms with Crippen molar-refractivity contribution in [2.75, 3.05) is 0 Å². The number of hydrogen-bond donors (Lipinski definition) is 1. The zero-order valence-corrected chi connectivity index (χ0v) is 15.3. The third-order valence-electron chi connectivity index (χ3n) is 6.06. The van der Waals surface area contributed by atoms with Crippen molar-refractivity contribution in [3.63, 3.8) is 0 Å². The minimum Gasteiger partial charge on any atom is -0.478 e. The monoisotopic (exact) mass is 336 g/mol. The molecule has 2 rings (SSSR count). The minimum absolute atomic E-state index is 0.339. The Balaban J connectivity index is 2.05. The van der Waals surface area contributed by atoms with Crippen molar-refractivity contribution in [3.8, 4) is 0 Å². The molecule has 0 aromatic carbocycles. The molecule has 0 radical (unpaired) electrons. The molecule has 2 saturated carbocycles. The van der Waals surface area contributed by atoms with E-state index in [0.717, 1.165) is 56.6 Å². The lowest BCUT2D eigenvalue weighted by molar-refractivity contribution is -0.168. The molecule has 2 fully saturated rings. The summed E-state index contributed by atoms with van der Waals surface area (Å²) in [6.45, 7) is 6.93. The molecule has 2 aliphatic rings. The first-order valence-corrected chi connectivity index (χ1v) is 9.37. The van der Waals surface area contributed by atoms with Gasteiger partial charge in [-0.2, -0.15) is 0 Å². The van der Waals surface area contributed by atoms with Gasteiger partial charge >= 0.3 is 11.9 Å². The van der Waals surface area contributed by atoms with Gasteiger partial charge < -0.3 is 9.84 Å². The summed E-state index contributed by atoms with van der Waals surface area (Å²) in [6, 6.07) is 0. The largest absolute Gasteiger partial charge is 0.478 e. The number of carbonyl (C=O) groups is 2. The van der Waals surface area contributed by atoms with E-state index in [-0.39, 0.29) is 5.60 Å². The van der Waals surface area contributed by atoms with Gasteiger partial charge in [-0.15, -0.1) is 0 Å². The van der Waals surface area contributed by atoms with E-state index in [1.54, 1.807) is 0 Å². The maximum Gasteiger partial charge on any atom is 0.331 e. The Morgan fingerprint density at radius 3 is 2.08 bits per heavy atom. The topological polar surface area (TPSA) is 63.6 Å². The van der Waals surface area contributed by atoms with E-state index >= 15 is 0 Å². The normalized spacial score (nSPS) is 27.8. The number of rotatable bonds is 4. The van der Waals surface area contributed by atoms with E-state index in [0.29, 0.717) is 11.3 Å². The third-order valence-corrected chi connectivity index (χ3v) is 6.06. The number of carboxylic acid groups (broad SMARTS) is 1. The van der Waals surface area contributed by atoms with Crippen molar-refractivity contribution >= 4 is 11.9 Å². The summed E-state index contributed by atoms with van der Waals surface area (Å²) in [4.78, 5) is 22.7. The highest BCUT2D eigenvalue weighted by atomic mass is 16.6. The quantitative estimate of drug-likeness (QED) is 0.595. The van der Waals surface area contributed by atoms with Gasteiger partial charge in [0.15, 0.2) is 0 Å². The number of carboxylic acids is 1. The summed E-state index contributed by atoms with van der Waals surface area (Å²) in [5.74, 6) is -0.469. The molecular weight excluding hydrogens is 304 g/mol. The highest BCUT2D eigenvalue weighted by Gasteiger charge is 2.45. The van der Waals surface area contributed by atoms with Gasteiger partial charge in [0.25, 0.3) is 0 Å². The summed E-state index contributed by atoms with van der Waals surface area (Å²) >= 11 is 0. The fourth-order valence-corrected chi connectivity index (χ4v) is 4.60. The van der Waals surface area contributed by atoms with Gasteiger partial charge in [-0.05, 0) is 68.6 Å². The van der Waals surface area contributed by atoms with Crippen LogP contribution in [0.2, 0.25) is 0 Å². The Hall–Kier alpha value is -1.32. The second kappa shape index (κ2) is 7.71. The SMILES string of the molecule is CC(C)(C)C1CCC(C2(OC(=O)/C=C/C(=O)O)CCCCC2)CC1. The zero-order valence-electron chi connectivity index (χ0n) is 15.3. The Bertz CT molecular complexity index is 472. The molecule has 0 atom stereocenters. The van der Waals surface area contributed by atoms with Gasteiger partial charge in [-0.3, -0.25) is 0 Å². The fraction of sp³-hybridized carbons (Fsp3) is 0.800. The van der Waals surface area contributed by atoms with E-state index in [2.05, 4.69) is 20.8 Å². The number of aliphatic carboxylic acids is 1. The van der Waals surface area contributed by atoms with Crippen LogP contribution < -0.4 is 0 Å². The summed E-state index contributed by atoms with van der Waals surface area (Å²) in [5, 5.41) is 8.69. The summed E-state index contributed by atoms with van der Waals surface area (Å²) in [7, 11) is 0. The second-order valence-corrected chi connectivity index (χ2v) is 8.63. The van der Waals surface area contributed by atoms with Crippen LogP contribution in [-0.4, -0.2) is 22.6 Å². The van der Waals surface area contributed by atoms with Crippen LogP contribution in [-0.2, 0) is 14.3 Å². The first-order valence-electron chi connectivity index (χ1n) is 9.37. The van der Waals surface area contributed by atoms with Crippen LogP contribution in [0.5, 0.6) is 0 Å². The van der Waals surface area contributed by atoms with Crippen LogP contribution in [0.3, 0.4) is 0 Å². The molecule has 0 aliphatic heterocycles. The molecule has 24 heavy (non-hydrogen) atoms. The van der Waals surface area contributed by atoms with Gasteiger partial charge in [-0.1, -0.05) is 27.2 Å². The molecule has 0 bridgehead atoms. The van der Waals surface area contributed by atoms with Gasteiger partial charge in [0.1, 0.15) is 5.60 Å². The number of hydrogen-bond acceptors (Lipinski definition) is 3. The first-order chi connectivity index (χ1) is 11.2. The molecule has 1 N–H and O–H groups in total. The van der Waals surface area contributed by atoms with Gasteiger partial charge in [0.05, 0.1) is 0 Å². The summed E-state index contributed by atoms with van der Waals surface area (Å²) in [6.07, 6.45) is 11.8. The fourth-order valence-electron chi connectivity index (χ4n) is 4.60. The van der Waals surface area contributed by atoms with Gasteiger partial charge in [0, 0.05) is 12.2 Å². The van der Waals surface area contributed by atoms with Crippen LogP contribution >= 0.6 is 0 Å². The molecule has 0 heterocycles. The van der Waals surface area contributed by atoms with E-state index in [9.17, 15) is 9.59 Å². The molecule has 0 aromatic rings. The van der Waals surface area contributed by atoms with E-state index < -0.39 is 11.9 Å². The standard InChI is InChI=1S/C20H32O4/c1-19(2,3)15-7-9-16(10-8-15)20(13-5-4-6-14-20)24-18(23)12-11-17(21)22/h11-12,15-16H,4-10,13-14H2,1-3H3,(H,21,22)/b12-11+. The maximum atomic E-state index is 12.1. The molecule has 0 amide bonds. The lowest BCUT2D eigenvalue weighted by Gasteiger charge is -2.47. The molecule has 4 heteroatoms. The van der Waals surface area contributed by atoms with Crippen molar-refractivity contribution < 1.29 is 19.4 Å². The van der Waals surface area contributed by atoms with Crippen molar-refractivity contribution in [2.45, 2.75) is 84.2 Å². The summed E-state index contributed by atoms with van der Waals surface area (Å²) < 4.78 is 5.90. The van der Waals surface area contributed by atoms with Crippen LogP contribution in [0.15, 0.2) is 12.2 Å². The highest BCUT2D eigenvalue weighted by Crippen LogP contribution is 2.48. The van der Waals surface area contributed by atoms with E-state index in [1.165, 1.54) is 19.3 Å². The smallest absolute Gasteiger partial charge is 0.331 e. The Morgan fingerprint density at radius 2 is 1.58 bits per heavy atom. The average molecular weight is 336 g/mol. The van der Waals surface area contributed by atoms with E-state index in [4.69, 9.17) is 9.84 Å². The van der Waals surface area contributed by atoms with Gasteiger partial charge in [-0.25, -0.2) is 9.59 Å². The van der Waals surface area contributed by atoms with Crippen molar-refractivity contribution in [2.24, 2.45) is 17.3 Å². The Labute approximate surface area is 145 Å². The van der Waals surface area contributed by atoms with Crippen LogP contribution in [0.1, 0.15) is 78.6 Å². The van der Waals surface area contributed by atoms with Crippen LogP contribution in [0.25, 0.3) is 0 Å². The van der Waals surface area contributed by atoms with Gasteiger partial charge in [0.2, 0.25) is 0 Å². The second-order valence-electron chi connectivity index (χ2n) is 8.63. The molecule has 0 spiro atoms. The lowest BCUT2D eigenvalue weighted by Crippen LogP contribution is -2.46. The Kier molecular flexibility index (Phi) is 6.11. The zero-order chi connectivity index (χ0) is 17.8. The number of ether oxygens (including phenoxy) is 1. The van der Waals surface area contributed by atoms with E-state index in [1.807, 2.05) is 0 Å². The molecule has 2 aliphatic carbocycles.